The van der Waals surface area contributed by atoms with Crippen molar-refractivity contribution in [2.75, 3.05) is 13.6 Å². The fourth-order valence-electron chi connectivity index (χ4n) is 2.12. The third-order valence-corrected chi connectivity index (χ3v) is 3.74. The summed E-state index contributed by atoms with van der Waals surface area (Å²) >= 11 is 1.56. The number of nitrogens with one attached hydrogen (secondary N) is 1. The van der Waals surface area contributed by atoms with E-state index >= 15 is 0 Å². The molecule has 1 aromatic heterocycles. The lowest BCUT2D eigenvalue weighted by Crippen LogP contribution is -2.37. The molecule has 1 saturated heterocycles. The zero-order valence-corrected chi connectivity index (χ0v) is 10.5. The van der Waals surface area contributed by atoms with Crippen LogP contribution in [-0.4, -0.2) is 35.4 Å². The Balaban J connectivity index is 1.94. The highest BCUT2D eigenvalue weighted by Gasteiger charge is 2.31. The van der Waals surface area contributed by atoms with Crippen molar-refractivity contribution in [3.8, 4) is 0 Å². The first-order valence-corrected chi connectivity index (χ1v) is 6.48. The van der Waals surface area contributed by atoms with Gasteiger partial charge in [-0.05, 0) is 19.9 Å². The molecule has 2 unspecified atom stereocenters. The lowest BCUT2D eigenvalue weighted by atomic mass is 10.0. The predicted molar refractivity (Wildman–Crippen MR) is 64.2 cm³/mol. The number of hydrogen-bond acceptors (Lipinski definition) is 4. The zero-order chi connectivity index (χ0) is 11.5. The highest BCUT2D eigenvalue weighted by molar-refractivity contribution is 7.07. The van der Waals surface area contributed by atoms with Crippen molar-refractivity contribution in [2.45, 2.75) is 25.9 Å². The van der Waals surface area contributed by atoms with Gasteiger partial charge in [0.25, 0.3) is 0 Å². The Morgan fingerprint density at radius 1 is 1.75 bits per heavy atom. The Morgan fingerprint density at radius 2 is 2.56 bits per heavy atom. The maximum absolute atomic E-state index is 12.1. The summed E-state index contributed by atoms with van der Waals surface area (Å²) in [5, 5.41) is 5.29. The van der Waals surface area contributed by atoms with Crippen LogP contribution in [0.25, 0.3) is 0 Å². The molecular formula is C11H17N3OS. The molecule has 1 aliphatic heterocycles. The van der Waals surface area contributed by atoms with Gasteiger partial charge < -0.3 is 10.2 Å². The maximum atomic E-state index is 12.1. The number of aromatic nitrogens is 1. The quantitative estimate of drug-likeness (QED) is 0.859. The Labute approximate surface area is 99.7 Å². The summed E-state index contributed by atoms with van der Waals surface area (Å²) in [4.78, 5) is 18.1. The SMILES string of the molecule is CC1NCCC1C(=O)N(C)Cc1cscn1. The molecule has 1 amide bonds. The molecule has 1 aliphatic rings. The largest absolute Gasteiger partial charge is 0.340 e. The Kier molecular flexibility index (Phi) is 3.56. The summed E-state index contributed by atoms with van der Waals surface area (Å²) in [5.41, 5.74) is 2.77. The van der Waals surface area contributed by atoms with Gasteiger partial charge >= 0.3 is 0 Å². The van der Waals surface area contributed by atoms with Crippen molar-refractivity contribution in [1.29, 1.82) is 0 Å². The van der Waals surface area contributed by atoms with E-state index in [2.05, 4.69) is 17.2 Å². The molecule has 1 fully saturated rings. The lowest BCUT2D eigenvalue weighted by Gasteiger charge is -2.22. The first-order valence-electron chi connectivity index (χ1n) is 5.54. The number of nitrogens with zero attached hydrogens (tertiary/aromatic N) is 2. The van der Waals surface area contributed by atoms with Crippen molar-refractivity contribution in [2.24, 2.45) is 5.92 Å². The summed E-state index contributed by atoms with van der Waals surface area (Å²) < 4.78 is 0. The number of hydrogen-bond donors (Lipinski definition) is 1. The first kappa shape index (κ1) is 11.5. The van der Waals surface area contributed by atoms with E-state index in [0.717, 1.165) is 18.7 Å². The number of rotatable bonds is 3. The van der Waals surface area contributed by atoms with E-state index in [1.807, 2.05) is 12.4 Å². The minimum absolute atomic E-state index is 0.128. The van der Waals surface area contributed by atoms with Gasteiger partial charge in [-0.15, -0.1) is 11.3 Å². The molecule has 5 heteroatoms. The molecule has 2 atom stereocenters. The zero-order valence-electron chi connectivity index (χ0n) is 9.64. The van der Waals surface area contributed by atoms with Gasteiger partial charge in [0.15, 0.2) is 0 Å². The molecule has 0 aromatic carbocycles. The van der Waals surface area contributed by atoms with Gasteiger partial charge in [0.2, 0.25) is 5.91 Å². The van der Waals surface area contributed by atoms with Crippen LogP contribution in [0.2, 0.25) is 0 Å². The summed E-state index contributed by atoms with van der Waals surface area (Å²) in [5.74, 6) is 0.356. The molecule has 16 heavy (non-hydrogen) atoms. The van der Waals surface area contributed by atoms with E-state index in [1.165, 1.54) is 0 Å². The number of amides is 1. The van der Waals surface area contributed by atoms with E-state index in [9.17, 15) is 4.79 Å². The van der Waals surface area contributed by atoms with E-state index in [0.29, 0.717) is 12.6 Å². The number of carbonyl (C=O) groups excluding carboxylic acids is 1. The molecule has 2 rings (SSSR count). The molecule has 88 valence electrons. The second-order valence-corrected chi connectivity index (χ2v) is 5.03. The minimum Gasteiger partial charge on any atom is -0.340 e. The second-order valence-electron chi connectivity index (χ2n) is 4.31. The summed E-state index contributed by atoms with van der Waals surface area (Å²) in [6.07, 6.45) is 0.946. The summed E-state index contributed by atoms with van der Waals surface area (Å²) in [7, 11) is 1.85. The van der Waals surface area contributed by atoms with E-state index < -0.39 is 0 Å². The molecule has 0 aliphatic carbocycles. The van der Waals surface area contributed by atoms with Crippen LogP contribution in [0.5, 0.6) is 0 Å². The second kappa shape index (κ2) is 4.93. The van der Waals surface area contributed by atoms with Gasteiger partial charge in [-0.1, -0.05) is 0 Å². The molecule has 0 radical (unpaired) electrons. The van der Waals surface area contributed by atoms with Gasteiger partial charge in [0.1, 0.15) is 0 Å². The monoisotopic (exact) mass is 239 g/mol. The number of carbonyl (C=O) groups is 1. The van der Waals surface area contributed by atoms with Crippen molar-refractivity contribution in [3.63, 3.8) is 0 Å². The van der Waals surface area contributed by atoms with Gasteiger partial charge in [-0.2, -0.15) is 0 Å². The fourth-order valence-corrected chi connectivity index (χ4v) is 2.67. The smallest absolute Gasteiger partial charge is 0.227 e. The van der Waals surface area contributed by atoms with Gasteiger partial charge in [-0.25, -0.2) is 4.98 Å². The van der Waals surface area contributed by atoms with Gasteiger partial charge in [0.05, 0.1) is 23.7 Å². The molecule has 2 heterocycles. The average Bonchev–Trinajstić information content (AvgIpc) is 2.88. The molecule has 0 bridgehead atoms. The highest BCUT2D eigenvalue weighted by Crippen LogP contribution is 2.18. The van der Waals surface area contributed by atoms with Gasteiger partial charge in [-0.3, -0.25) is 4.79 Å². The Morgan fingerprint density at radius 3 is 3.12 bits per heavy atom. The van der Waals surface area contributed by atoms with Crippen LogP contribution in [0.4, 0.5) is 0 Å². The van der Waals surface area contributed by atoms with Crippen molar-refractivity contribution in [1.82, 2.24) is 15.2 Å². The molecular weight excluding hydrogens is 222 g/mol. The maximum Gasteiger partial charge on any atom is 0.227 e. The first-order chi connectivity index (χ1) is 7.68. The molecule has 1 N–H and O–H groups in total. The fraction of sp³-hybridized carbons (Fsp3) is 0.636. The van der Waals surface area contributed by atoms with Crippen molar-refractivity contribution >= 4 is 17.2 Å². The third-order valence-electron chi connectivity index (χ3n) is 3.10. The normalized spacial score (nSPS) is 24.6. The van der Waals surface area contributed by atoms with E-state index in [4.69, 9.17) is 0 Å². The Bertz CT molecular complexity index is 352. The topological polar surface area (TPSA) is 45.2 Å². The molecule has 0 spiro atoms. The molecule has 0 saturated carbocycles. The Hall–Kier alpha value is -0.940. The number of thiazole rings is 1. The van der Waals surface area contributed by atoms with Crippen molar-refractivity contribution < 1.29 is 4.79 Å². The van der Waals surface area contributed by atoms with Gasteiger partial charge in [0, 0.05) is 18.5 Å². The highest BCUT2D eigenvalue weighted by atomic mass is 32.1. The van der Waals surface area contributed by atoms with Crippen LogP contribution in [0.3, 0.4) is 0 Å². The minimum atomic E-state index is 0.128. The van der Waals surface area contributed by atoms with E-state index in [1.54, 1.807) is 21.7 Å². The van der Waals surface area contributed by atoms with Crippen LogP contribution in [0.15, 0.2) is 10.9 Å². The predicted octanol–water partition coefficient (Wildman–Crippen LogP) is 1.10. The van der Waals surface area contributed by atoms with Crippen LogP contribution in [0.1, 0.15) is 19.0 Å². The summed E-state index contributed by atoms with van der Waals surface area (Å²) in [6.45, 7) is 3.64. The molecule has 4 nitrogen and oxygen atoms in total. The molecule has 1 aromatic rings. The van der Waals surface area contributed by atoms with Crippen LogP contribution >= 0.6 is 11.3 Å². The van der Waals surface area contributed by atoms with E-state index in [-0.39, 0.29) is 11.8 Å². The van der Waals surface area contributed by atoms with Crippen LogP contribution < -0.4 is 5.32 Å². The average molecular weight is 239 g/mol. The van der Waals surface area contributed by atoms with Crippen LogP contribution in [-0.2, 0) is 11.3 Å². The van der Waals surface area contributed by atoms with Crippen molar-refractivity contribution in [3.05, 3.63) is 16.6 Å². The summed E-state index contributed by atoms with van der Waals surface area (Å²) in [6, 6.07) is 0.297. The lowest BCUT2D eigenvalue weighted by molar-refractivity contribution is -0.134. The van der Waals surface area contributed by atoms with Crippen LogP contribution in [0, 0.1) is 5.92 Å². The standard InChI is InChI=1S/C11H17N3OS/c1-8-10(3-4-12-8)11(15)14(2)5-9-6-16-7-13-9/h6-8,10,12H,3-5H2,1-2H3. The third kappa shape index (κ3) is 2.41.